The van der Waals surface area contributed by atoms with Crippen LogP contribution in [-0.4, -0.2) is 17.5 Å². The van der Waals surface area contributed by atoms with Gasteiger partial charge in [-0.25, -0.2) is 4.98 Å². The second kappa shape index (κ2) is 6.63. The van der Waals surface area contributed by atoms with Crippen LogP contribution in [0.2, 0.25) is 0 Å². The van der Waals surface area contributed by atoms with Gasteiger partial charge in [0, 0.05) is 6.61 Å². The number of oxazole rings is 1. The summed E-state index contributed by atoms with van der Waals surface area (Å²) >= 11 is 0. The lowest BCUT2D eigenvalue weighted by Crippen LogP contribution is -2.28. The van der Waals surface area contributed by atoms with E-state index in [1.54, 1.807) is 18.2 Å². The number of carbonyl (C=O) groups excluding carboxylic acids is 1. The minimum Gasteiger partial charge on any atom is -0.445 e. The Hall–Kier alpha value is -2.65. The van der Waals surface area contributed by atoms with Crippen LogP contribution >= 0.6 is 0 Å². The number of aromatic nitrogens is 1. The molecule has 3 rings (SSSR count). The van der Waals surface area contributed by atoms with Gasteiger partial charge < -0.3 is 14.5 Å². The normalized spacial score (nSPS) is 18.3. The summed E-state index contributed by atoms with van der Waals surface area (Å²) in [6.45, 7) is 2.53. The fraction of sp³-hybridized carbons (Fsp3) is 0.353. The summed E-state index contributed by atoms with van der Waals surface area (Å²) in [5.41, 5.74) is 1.69. The van der Waals surface area contributed by atoms with Gasteiger partial charge in [0.1, 0.15) is 6.10 Å². The SMILES string of the molecule is C[C@H](NC(=O)c1ncoc1[C@H]1CCCO1)c1cccc(C#N)c1. The maximum Gasteiger partial charge on any atom is 0.274 e. The highest BCUT2D eigenvalue weighted by molar-refractivity contribution is 5.93. The van der Waals surface area contributed by atoms with Gasteiger partial charge in [0.15, 0.2) is 17.8 Å². The Balaban J connectivity index is 1.74. The first kappa shape index (κ1) is 15.3. The van der Waals surface area contributed by atoms with E-state index in [-0.39, 0.29) is 23.7 Å². The first-order valence-electron chi connectivity index (χ1n) is 7.55. The predicted molar refractivity (Wildman–Crippen MR) is 81.5 cm³/mol. The molecule has 0 spiro atoms. The van der Waals surface area contributed by atoms with Gasteiger partial charge in [-0.1, -0.05) is 12.1 Å². The molecule has 6 heteroatoms. The standard InChI is InChI=1S/C17H17N3O3/c1-11(13-5-2-4-12(8-13)9-18)20-17(21)15-16(23-10-19-15)14-6-3-7-22-14/h2,4-5,8,10-11,14H,3,6-7H2,1H3,(H,20,21)/t11-,14+/m0/s1. The van der Waals surface area contributed by atoms with Crippen molar-refractivity contribution in [1.82, 2.24) is 10.3 Å². The fourth-order valence-corrected chi connectivity index (χ4v) is 2.66. The number of hydrogen-bond donors (Lipinski definition) is 1. The minimum atomic E-state index is -0.306. The van der Waals surface area contributed by atoms with Gasteiger partial charge >= 0.3 is 0 Å². The summed E-state index contributed by atoms with van der Waals surface area (Å²) in [6.07, 6.45) is 2.85. The molecule has 2 atom stereocenters. The Labute approximate surface area is 134 Å². The van der Waals surface area contributed by atoms with Crippen LogP contribution in [0.4, 0.5) is 0 Å². The molecule has 23 heavy (non-hydrogen) atoms. The Morgan fingerprint density at radius 3 is 3.13 bits per heavy atom. The fourth-order valence-electron chi connectivity index (χ4n) is 2.66. The summed E-state index contributed by atoms with van der Waals surface area (Å²) in [7, 11) is 0. The van der Waals surface area contributed by atoms with Crippen molar-refractivity contribution in [3.05, 3.63) is 53.2 Å². The second-order valence-corrected chi connectivity index (χ2v) is 5.50. The third-order valence-corrected chi connectivity index (χ3v) is 3.90. The van der Waals surface area contributed by atoms with Crippen molar-refractivity contribution in [2.75, 3.05) is 6.61 Å². The maximum atomic E-state index is 12.5. The number of carbonyl (C=O) groups is 1. The van der Waals surface area contributed by atoms with Gasteiger partial charge in [-0.3, -0.25) is 4.79 Å². The summed E-state index contributed by atoms with van der Waals surface area (Å²) in [5.74, 6) is 0.178. The van der Waals surface area contributed by atoms with Crippen LogP contribution in [-0.2, 0) is 4.74 Å². The van der Waals surface area contributed by atoms with Crippen molar-refractivity contribution < 1.29 is 13.9 Å². The van der Waals surface area contributed by atoms with Crippen LogP contribution in [0.3, 0.4) is 0 Å². The molecule has 6 nitrogen and oxygen atoms in total. The quantitative estimate of drug-likeness (QED) is 0.938. The van der Waals surface area contributed by atoms with Crippen LogP contribution in [0.25, 0.3) is 0 Å². The van der Waals surface area contributed by atoms with Crippen LogP contribution in [0.5, 0.6) is 0 Å². The molecule has 1 amide bonds. The number of nitriles is 1. The number of amides is 1. The van der Waals surface area contributed by atoms with Crippen molar-refractivity contribution >= 4 is 5.91 Å². The monoisotopic (exact) mass is 311 g/mol. The first-order chi connectivity index (χ1) is 11.2. The second-order valence-electron chi connectivity index (χ2n) is 5.50. The number of nitrogens with one attached hydrogen (secondary N) is 1. The van der Waals surface area contributed by atoms with Crippen LogP contribution < -0.4 is 5.32 Å². The molecule has 118 valence electrons. The van der Waals surface area contributed by atoms with Crippen molar-refractivity contribution in [3.8, 4) is 6.07 Å². The number of ether oxygens (including phenoxy) is 1. The largest absolute Gasteiger partial charge is 0.445 e. The van der Waals surface area contributed by atoms with E-state index in [2.05, 4.69) is 16.4 Å². The Bertz CT molecular complexity index is 742. The van der Waals surface area contributed by atoms with E-state index in [1.807, 2.05) is 13.0 Å². The predicted octanol–water partition coefficient (Wildman–Crippen LogP) is 2.89. The summed E-state index contributed by atoms with van der Waals surface area (Å²) in [4.78, 5) is 16.5. The van der Waals surface area contributed by atoms with E-state index in [4.69, 9.17) is 14.4 Å². The first-order valence-corrected chi connectivity index (χ1v) is 7.55. The van der Waals surface area contributed by atoms with Crippen LogP contribution in [0, 0.1) is 11.3 Å². The zero-order valence-electron chi connectivity index (χ0n) is 12.8. The molecule has 1 aliphatic heterocycles. The van der Waals surface area contributed by atoms with E-state index >= 15 is 0 Å². The van der Waals surface area contributed by atoms with Gasteiger partial charge in [-0.05, 0) is 37.5 Å². The molecule has 2 aromatic rings. The zero-order valence-corrected chi connectivity index (χ0v) is 12.8. The molecule has 1 saturated heterocycles. The van der Waals surface area contributed by atoms with E-state index in [9.17, 15) is 4.79 Å². The lowest BCUT2D eigenvalue weighted by atomic mass is 10.1. The molecule has 1 fully saturated rings. The van der Waals surface area contributed by atoms with Crippen molar-refractivity contribution in [3.63, 3.8) is 0 Å². The molecule has 0 aliphatic carbocycles. The molecule has 0 radical (unpaired) electrons. The van der Waals surface area contributed by atoms with Crippen LogP contribution in [0.15, 0.2) is 35.1 Å². The molecule has 0 unspecified atom stereocenters. The topological polar surface area (TPSA) is 88.2 Å². The molecular weight excluding hydrogens is 294 g/mol. The molecule has 1 aromatic carbocycles. The van der Waals surface area contributed by atoms with Gasteiger partial charge in [-0.2, -0.15) is 5.26 Å². The smallest absolute Gasteiger partial charge is 0.274 e. The highest BCUT2D eigenvalue weighted by Gasteiger charge is 2.28. The molecule has 1 N–H and O–H groups in total. The highest BCUT2D eigenvalue weighted by atomic mass is 16.5. The van der Waals surface area contributed by atoms with Gasteiger partial charge in [0.2, 0.25) is 0 Å². The Morgan fingerprint density at radius 2 is 2.39 bits per heavy atom. The van der Waals surface area contributed by atoms with Gasteiger partial charge in [0.05, 0.1) is 17.7 Å². The number of hydrogen-bond acceptors (Lipinski definition) is 5. The summed E-state index contributed by atoms with van der Waals surface area (Å²) in [5, 5.41) is 11.8. The summed E-state index contributed by atoms with van der Waals surface area (Å²) < 4.78 is 10.9. The van der Waals surface area contributed by atoms with Crippen molar-refractivity contribution in [1.29, 1.82) is 5.26 Å². The number of rotatable bonds is 4. The Morgan fingerprint density at radius 1 is 1.52 bits per heavy atom. The molecule has 0 bridgehead atoms. The van der Waals surface area contributed by atoms with E-state index in [0.29, 0.717) is 17.9 Å². The van der Waals surface area contributed by atoms with Gasteiger partial charge in [0.25, 0.3) is 5.91 Å². The van der Waals surface area contributed by atoms with E-state index in [1.165, 1.54) is 6.39 Å². The van der Waals surface area contributed by atoms with E-state index < -0.39 is 0 Å². The Kier molecular flexibility index (Phi) is 4.40. The molecular formula is C17H17N3O3. The minimum absolute atomic E-state index is 0.199. The molecule has 2 heterocycles. The third kappa shape index (κ3) is 3.25. The number of nitrogens with zero attached hydrogens (tertiary/aromatic N) is 2. The maximum absolute atomic E-state index is 12.5. The third-order valence-electron chi connectivity index (χ3n) is 3.90. The average molecular weight is 311 g/mol. The lowest BCUT2D eigenvalue weighted by molar-refractivity contribution is 0.0854. The van der Waals surface area contributed by atoms with E-state index in [0.717, 1.165) is 18.4 Å². The van der Waals surface area contributed by atoms with Crippen molar-refractivity contribution in [2.45, 2.75) is 31.9 Å². The summed E-state index contributed by atoms with van der Waals surface area (Å²) in [6, 6.07) is 9.00. The molecule has 1 aliphatic rings. The highest BCUT2D eigenvalue weighted by Crippen LogP contribution is 2.30. The lowest BCUT2D eigenvalue weighted by Gasteiger charge is -2.15. The van der Waals surface area contributed by atoms with Crippen molar-refractivity contribution in [2.24, 2.45) is 0 Å². The van der Waals surface area contributed by atoms with Gasteiger partial charge in [-0.15, -0.1) is 0 Å². The van der Waals surface area contributed by atoms with Crippen LogP contribution in [0.1, 0.15) is 59.3 Å². The molecule has 0 saturated carbocycles. The molecule has 1 aromatic heterocycles. The number of benzene rings is 1. The average Bonchev–Trinajstić information content (AvgIpc) is 3.25. The zero-order chi connectivity index (χ0) is 16.2.